The predicted octanol–water partition coefficient (Wildman–Crippen LogP) is 4.28. The number of hydrogen-bond donors (Lipinski definition) is 1. The molecule has 0 saturated heterocycles. The van der Waals surface area contributed by atoms with Gasteiger partial charge in [-0.1, -0.05) is 6.07 Å². The molecule has 0 amide bonds. The molecule has 0 atom stereocenters. The number of nitrogens with zero attached hydrogens (tertiary/aromatic N) is 1. The van der Waals surface area contributed by atoms with Crippen molar-refractivity contribution in [3.8, 4) is 11.4 Å². The molecule has 1 heterocycles. The van der Waals surface area contributed by atoms with E-state index in [9.17, 15) is 8.78 Å². The first-order valence-electron chi connectivity index (χ1n) is 6.26. The average Bonchev–Trinajstić information content (AvgIpc) is 2.76. The molecular weight excluding hydrogens is 294 g/mol. The van der Waals surface area contributed by atoms with E-state index in [2.05, 4.69) is 4.98 Å². The first kappa shape index (κ1) is 13.8. The van der Waals surface area contributed by atoms with Gasteiger partial charge in [0.05, 0.1) is 23.8 Å². The minimum Gasteiger partial charge on any atom is -0.494 e. The summed E-state index contributed by atoms with van der Waals surface area (Å²) in [5.41, 5.74) is 2.28. The first-order chi connectivity index (χ1) is 10.0. The molecule has 108 valence electrons. The Labute approximate surface area is 124 Å². The van der Waals surface area contributed by atoms with Crippen molar-refractivity contribution >= 4 is 23.3 Å². The maximum atomic E-state index is 13.8. The number of aromatic amines is 1. The van der Waals surface area contributed by atoms with Crippen LogP contribution in [0.25, 0.3) is 16.7 Å². The maximum absolute atomic E-state index is 13.8. The van der Waals surface area contributed by atoms with Crippen LogP contribution in [0.2, 0.25) is 0 Å². The Kier molecular flexibility index (Phi) is 3.25. The second-order valence-corrected chi connectivity index (χ2v) is 5.09. The standard InChI is InChI=1S/C15H12F2N2OS/c1-8-3-4-9(5-10(8)16)19-13-7-14(20-2)11(17)6-12(13)18-15(19)21/h3-7H,1-2H3,(H,18,21). The van der Waals surface area contributed by atoms with Gasteiger partial charge >= 0.3 is 0 Å². The van der Waals surface area contributed by atoms with Crippen molar-refractivity contribution in [3.63, 3.8) is 0 Å². The largest absolute Gasteiger partial charge is 0.494 e. The highest BCUT2D eigenvalue weighted by Crippen LogP contribution is 2.27. The van der Waals surface area contributed by atoms with Crippen LogP contribution in [0.1, 0.15) is 5.56 Å². The molecule has 3 rings (SSSR count). The lowest BCUT2D eigenvalue weighted by atomic mass is 10.2. The zero-order valence-corrected chi connectivity index (χ0v) is 12.2. The summed E-state index contributed by atoms with van der Waals surface area (Å²) in [4.78, 5) is 2.91. The summed E-state index contributed by atoms with van der Waals surface area (Å²) < 4.78 is 34.5. The van der Waals surface area contributed by atoms with Crippen LogP contribution in [0, 0.1) is 23.3 Å². The number of halogens is 2. The van der Waals surface area contributed by atoms with Crippen LogP contribution in [-0.4, -0.2) is 16.7 Å². The van der Waals surface area contributed by atoms with Gasteiger partial charge in [0.2, 0.25) is 0 Å². The van der Waals surface area contributed by atoms with Gasteiger partial charge in [-0.05, 0) is 36.8 Å². The molecule has 0 saturated carbocycles. The van der Waals surface area contributed by atoms with Gasteiger partial charge in [-0.2, -0.15) is 0 Å². The van der Waals surface area contributed by atoms with Gasteiger partial charge in [0, 0.05) is 12.1 Å². The lowest BCUT2D eigenvalue weighted by molar-refractivity contribution is 0.387. The summed E-state index contributed by atoms with van der Waals surface area (Å²) in [6.45, 7) is 1.69. The quantitative estimate of drug-likeness (QED) is 0.716. The van der Waals surface area contributed by atoms with Crippen molar-refractivity contribution in [2.75, 3.05) is 7.11 Å². The van der Waals surface area contributed by atoms with E-state index in [0.717, 1.165) is 0 Å². The molecule has 0 fully saturated rings. The third kappa shape index (κ3) is 2.21. The Bertz CT molecular complexity index is 899. The molecule has 0 aliphatic carbocycles. The van der Waals surface area contributed by atoms with E-state index in [1.807, 2.05) is 0 Å². The van der Waals surface area contributed by atoms with Gasteiger partial charge in [0.15, 0.2) is 16.3 Å². The Hall–Kier alpha value is -2.21. The zero-order chi connectivity index (χ0) is 15.1. The van der Waals surface area contributed by atoms with Crippen LogP contribution >= 0.6 is 12.2 Å². The van der Waals surface area contributed by atoms with E-state index < -0.39 is 5.82 Å². The lowest BCUT2D eigenvalue weighted by Crippen LogP contribution is -1.97. The van der Waals surface area contributed by atoms with Crippen LogP contribution in [0.5, 0.6) is 5.75 Å². The molecule has 0 aliphatic rings. The number of fused-ring (bicyclic) bond motifs is 1. The number of benzene rings is 2. The summed E-state index contributed by atoms with van der Waals surface area (Å²) in [6.07, 6.45) is 0. The number of nitrogens with one attached hydrogen (secondary N) is 1. The highest BCUT2D eigenvalue weighted by Gasteiger charge is 2.12. The summed E-state index contributed by atoms with van der Waals surface area (Å²) in [7, 11) is 1.39. The van der Waals surface area contributed by atoms with Crippen LogP contribution in [0.4, 0.5) is 8.78 Å². The van der Waals surface area contributed by atoms with Crippen molar-refractivity contribution in [2.45, 2.75) is 6.92 Å². The van der Waals surface area contributed by atoms with Crippen LogP contribution in [0.3, 0.4) is 0 Å². The van der Waals surface area contributed by atoms with Gasteiger partial charge in [0.1, 0.15) is 5.82 Å². The molecule has 21 heavy (non-hydrogen) atoms. The van der Waals surface area contributed by atoms with E-state index in [1.54, 1.807) is 23.6 Å². The van der Waals surface area contributed by atoms with Gasteiger partial charge in [-0.15, -0.1) is 0 Å². The van der Waals surface area contributed by atoms with Gasteiger partial charge < -0.3 is 9.72 Å². The van der Waals surface area contributed by atoms with E-state index >= 15 is 0 Å². The van der Waals surface area contributed by atoms with E-state index in [4.69, 9.17) is 17.0 Å². The molecule has 0 spiro atoms. The maximum Gasteiger partial charge on any atom is 0.182 e. The van der Waals surface area contributed by atoms with Crippen LogP contribution in [-0.2, 0) is 0 Å². The topological polar surface area (TPSA) is 29.9 Å². The average molecular weight is 306 g/mol. The lowest BCUT2D eigenvalue weighted by Gasteiger charge is -2.07. The molecule has 0 bridgehead atoms. The normalized spacial score (nSPS) is 11.0. The van der Waals surface area contributed by atoms with Gasteiger partial charge in [-0.25, -0.2) is 8.78 Å². The predicted molar refractivity (Wildman–Crippen MR) is 79.7 cm³/mol. The molecule has 0 radical (unpaired) electrons. The molecule has 1 N–H and O–H groups in total. The number of aryl methyl sites for hydroxylation is 1. The summed E-state index contributed by atoms with van der Waals surface area (Å²) in [6, 6.07) is 7.68. The highest BCUT2D eigenvalue weighted by atomic mass is 32.1. The molecular formula is C15H12F2N2OS. The zero-order valence-electron chi connectivity index (χ0n) is 11.4. The number of ether oxygens (including phenoxy) is 1. The third-order valence-corrected chi connectivity index (χ3v) is 3.65. The Morgan fingerprint density at radius 3 is 2.57 bits per heavy atom. The number of hydrogen-bond acceptors (Lipinski definition) is 2. The fourth-order valence-electron chi connectivity index (χ4n) is 2.24. The minimum atomic E-state index is -0.483. The first-order valence-corrected chi connectivity index (χ1v) is 6.67. The van der Waals surface area contributed by atoms with Crippen molar-refractivity contribution in [1.29, 1.82) is 0 Å². The van der Waals surface area contributed by atoms with Crippen LogP contribution < -0.4 is 4.74 Å². The number of methoxy groups -OCH3 is 1. The number of aromatic nitrogens is 2. The van der Waals surface area contributed by atoms with Crippen molar-refractivity contribution in [1.82, 2.24) is 9.55 Å². The molecule has 2 aromatic carbocycles. The summed E-state index contributed by atoms with van der Waals surface area (Å²) in [5, 5.41) is 0. The second kappa shape index (κ2) is 4.96. The van der Waals surface area contributed by atoms with E-state index in [-0.39, 0.29) is 11.6 Å². The van der Waals surface area contributed by atoms with Crippen LogP contribution in [0.15, 0.2) is 30.3 Å². The molecule has 3 aromatic rings. The van der Waals surface area contributed by atoms with Gasteiger partial charge in [-0.3, -0.25) is 4.57 Å². The SMILES string of the molecule is COc1cc2c(cc1F)[nH]c(=S)n2-c1ccc(C)c(F)c1. The Balaban J connectivity index is 2.33. The molecule has 1 aromatic heterocycles. The van der Waals surface area contributed by atoms with Crippen molar-refractivity contribution in [2.24, 2.45) is 0 Å². The van der Waals surface area contributed by atoms with Gasteiger partial charge in [0.25, 0.3) is 0 Å². The number of H-pyrrole nitrogens is 1. The minimum absolute atomic E-state index is 0.109. The molecule has 6 heteroatoms. The summed E-state index contributed by atoms with van der Waals surface area (Å²) >= 11 is 5.26. The number of rotatable bonds is 2. The Morgan fingerprint density at radius 2 is 1.90 bits per heavy atom. The van der Waals surface area contributed by atoms with Crippen molar-refractivity contribution in [3.05, 3.63) is 52.3 Å². The Morgan fingerprint density at radius 1 is 1.14 bits per heavy atom. The fraction of sp³-hybridized carbons (Fsp3) is 0.133. The monoisotopic (exact) mass is 306 g/mol. The molecule has 3 nitrogen and oxygen atoms in total. The van der Waals surface area contributed by atoms with E-state index in [0.29, 0.717) is 27.1 Å². The highest BCUT2D eigenvalue weighted by molar-refractivity contribution is 7.71. The van der Waals surface area contributed by atoms with E-state index in [1.165, 1.54) is 25.3 Å². The molecule has 0 aliphatic heterocycles. The smallest absolute Gasteiger partial charge is 0.182 e. The second-order valence-electron chi connectivity index (χ2n) is 4.70. The summed E-state index contributed by atoms with van der Waals surface area (Å²) in [5.74, 6) is -0.695. The molecule has 0 unspecified atom stereocenters. The fourth-order valence-corrected chi connectivity index (χ4v) is 2.56. The van der Waals surface area contributed by atoms with Crippen molar-refractivity contribution < 1.29 is 13.5 Å². The third-order valence-electron chi connectivity index (χ3n) is 3.37. The number of imidazole rings is 1.